The molecular formula is C11H21ClO2. The quantitative estimate of drug-likeness (QED) is 0.664. The topological polar surface area (TPSA) is 18.5 Å². The monoisotopic (exact) mass is 220 g/mol. The summed E-state index contributed by atoms with van der Waals surface area (Å²) < 4.78 is 11.4. The number of ether oxygens (including phenoxy) is 2. The lowest BCUT2D eigenvalue weighted by atomic mass is 9.90. The average Bonchev–Trinajstić information content (AvgIpc) is 2.13. The van der Waals surface area contributed by atoms with Crippen molar-refractivity contribution in [2.24, 2.45) is 5.92 Å². The lowest BCUT2D eigenvalue weighted by molar-refractivity contribution is -0.150. The van der Waals surface area contributed by atoms with E-state index in [4.69, 9.17) is 21.1 Å². The number of hydrogen-bond donors (Lipinski definition) is 0. The number of hydrogen-bond acceptors (Lipinski definition) is 2. The van der Waals surface area contributed by atoms with Crippen molar-refractivity contribution in [3.63, 3.8) is 0 Å². The zero-order valence-corrected chi connectivity index (χ0v) is 10.3. The maximum Gasteiger partial charge on any atom is 0.100 e. The Kier molecular flexibility index (Phi) is 4.68. The van der Waals surface area contributed by atoms with Crippen molar-refractivity contribution >= 4 is 11.6 Å². The molecule has 0 radical (unpaired) electrons. The van der Waals surface area contributed by atoms with Crippen LogP contribution in [0.5, 0.6) is 0 Å². The van der Waals surface area contributed by atoms with Gasteiger partial charge in [0.15, 0.2) is 0 Å². The van der Waals surface area contributed by atoms with E-state index in [-0.39, 0.29) is 23.7 Å². The molecule has 1 aliphatic carbocycles. The molecule has 1 rings (SSSR count). The molecule has 0 aromatic carbocycles. The van der Waals surface area contributed by atoms with Gasteiger partial charge in [-0.05, 0) is 26.2 Å². The lowest BCUT2D eigenvalue weighted by Gasteiger charge is -2.42. The smallest absolute Gasteiger partial charge is 0.100 e. The van der Waals surface area contributed by atoms with Crippen LogP contribution >= 0.6 is 11.6 Å². The fourth-order valence-electron chi connectivity index (χ4n) is 1.50. The Hall–Kier alpha value is 0.210. The van der Waals surface area contributed by atoms with E-state index in [1.807, 2.05) is 6.92 Å². The summed E-state index contributed by atoms with van der Waals surface area (Å²) in [5, 5.41) is 0.138. The fraction of sp³-hybridized carbons (Fsp3) is 1.00. The van der Waals surface area contributed by atoms with E-state index in [1.54, 1.807) is 0 Å². The van der Waals surface area contributed by atoms with Gasteiger partial charge in [0.05, 0.1) is 17.6 Å². The van der Waals surface area contributed by atoms with E-state index in [0.717, 1.165) is 6.42 Å². The van der Waals surface area contributed by atoms with E-state index in [1.165, 1.54) is 0 Å². The second kappa shape index (κ2) is 5.34. The van der Waals surface area contributed by atoms with E-state index in [2.05, 4.69) is 20.8 Å². The standard InChI is InChI=1S/C11H21ClO2/c1-5-13-11-9(12)6-10(11)14-8(4)7(2)3/h7-11H,5-6H2,1-4H3. The summed E-state index contributed by atoms with van der Waals surface area (Å²) in [5.74, 6) is 0.548. The van der Waals surface area contributed by atoms with Gasteiger partial charge in [0.25, 0.3) is 0 Å². The summed E-state index contributed by atoms with van der Waals surface area (Å²) >= 11 is 6.05. The number of rotatable bonds is 5. The molecular weight excluding hydrogens is 200 g/mol. The number of halogens is 1. The van der Waals surface area contributed by atoms with Gasteiger partial charge in [-0.2, -0.15) is 0 Å². The molecule has 0 heterocycles. The Morgan fingerprint density at radius 3 is 2.43 bits per heavy atom. The largest absolute Gasteiger partial charge is 0.374 e. The Bertz CT molecular complexity index is 173. The predicted molar refractivity (Wildman–Crippen MR) is 58.8 cm³/mol. The molecule has 0 aromatic heterocycles. The van der Waals surface area contributed by atoms with Gasteiger partial charge in [-0.3, -0.25) is 0 Å². The van der Waals surface area contributed by atoms with Crippen LogP contribution < -0.4 is 0 Å². The van der Waals surface area contributed by atoms with E-state index in [9.17, 15) is 0 Å². The van der Waals surface area contributed by atoms with Crippen LogP contribution in [0.4, 0.5) is 0 Å². The van der Waals surface area contributed by atoms with Crippen molar-refractivity contribution < 1.29 is 9.47 Å². The van der Waals surface area contributed by atoms with Gasteiger partial charge < -0.3 is 9.47 Å². The molecule has 0 spiro atoms. The third-order valence-corrected chi connectivity index (χ3v) is 3.29. The Balaban J connectivity index is 2.32. The first-order valence-electron chi connectivity index (χ1n) is 5.47. The molecule has 84 valence electrons. The molecule has 0 bridgehead atoms. The molecule has 4 unspecified atom stereocenters. The highest BCUT2D eigenvalue weighted by atomic mass is 35.5. The molecule has 0 N–H and O–H groups in total. The molecule has 3 heteroatoms. The fourth-order valence-corrected chi connectivity index (χ4v) is 1.91. The van der Waals surface area contributed by atoms with Crippen LogP contribution in [0.3, 0.4) is 0 Å². The van der Waals surface area contributed by atoms with Crippen LogP contribution in [0.15, 0.2) is 0 Å². The zero-order valence-electron chi connectivity index (χ0n) is 9.50. The van der Waals surface area contributed by atoms with Crippen LogP contribution in [-0.2, 0) is 9.47 Å². The SMILES string of the molecule is CCOC1C(Cl)CC1OC(C)C(C)C. The van der Waals surface area contributed by atoms with Gasteiger partial charge in [-0.15, -0.1) is 11.6 Å². The molecule has 0 aliphatic heterocycles. The molecule has 0 aromatic rings. The summed E-state index contributed by atoms with van der Waals surface area (Å²) in [6.45, 7) is 9.14. The van der Waals surface area contributed by atoms with Gasteiger partial charge in [-0.1, -0.05) is 13.8 Å². The lowest BCUT2D eigenvalue weighted by Crippen LogP contribution is -2.52. The van der Waals surface area contributed by atoms with Crippen molar-refractivity contribution in [1.82, 2.24) is 0 Å². The molecule has 1 aliphatic rings. The second-order valence-corrected chi connectivity index (χ2v) is 4.86. The van der Waals surface area contributed by atoms with Gasteiger partial charge in [0, 0.05) is 6.61 Å². The van der Waals surface area contributed by atoms with Crippen molar-refractivity contribution in [2.75, 3.05) is 6.61 Å². The summed E-state index contributed by atoms with van der Waals surface area (Å²) in [4.78, 5) is 0. The average molecular weight is 221 g/mol. The van der Waals surface area contributed by atoms with Crippen molar-refractivity contribution in [1.29, 1.82) is 0 Å². The third kappa shape index (κ3) is 2.85. The maximum absolute atomic E-state index is 6.05. The Morgan fingerprint density at radius 1 is 1.36 bits per heavy atom. The van der Waals surface area contributed by atoms with Crippen LogP contribution in [0.25, 0.3) is 0 Å². The highest BCUT2D eigenvalue weighted by molar-refractivity contribution is 6.21. The molecule has 1 saturated carbocycles. The van der Waals surface area contributed by atoms with Crippen LogP contribution in [0.2, 0.25) is 0 Å². The van der Waals surface area contributed by atoms with Gasteiger partial charge >= 0.3 is 0 Å². The summed E-state index contributed by atoms with van der Waals surface area (Å²) in [5.41, 5.74) is 0. The van der Waals surface area contributed by atoms with E-state index in [0.29, 0.717) is 12.5 Å². The summed E-state index contributed by atoms with van der Waals surface area (Å²) in [7, 11) is 0. The highest BCUT2D eigenvalue weighted by Gasteiger charge is 2.42. The highest BCUT2D eigenvalue weighted by Crippen LogP contribution is 2.33. The molecule has 1 fully saturated rings. The minimum absolute atomic E-state index is 0.0999. The molecule has 4 atom stereocenters. The minimum atomic E-state index is 0.0999. The van der Waals surface area contributed by atoms with Gasteiger partial charge in [0.2, 0.25) is 0 Å². The minimum Gasteiger partial charge on any atom is -0.374 e. The molecule has 0 amide bonds. The van der Waals surface area contributed by atoms with Crippen molar-refractivity contribution in [3.8, 4) is 0 Å². The summed E-state index contributed by atoms with van der Waals surface area (Å²) in [6, 6.07) is 0. The second-order valence-electron chi connectivity index (χ2n) is 4.30. The Labute approximate surface area is 91.9 Å². The first-order chi connectivity index (χ1) is 6.56. The van der Waals surface area contributed by atoms with E-state index >= 15 is 0 Å². The van der Waals surface area contributed by atoms with Crippen LogP contribution in [0, 0.1) is 5.92 Å². The first-order valence-corrected chi connectivity index (χ1v) is 5.91. The first kappa shape index (κ1) is 12.3. The van der Waals surface area contributed by atoms with Crippen LogP contribution in [0.1, 0.15) is 34.1 Å². The number of alkyl halides is 1. The summed E-state index contributed by atoms with van der Waals surface area (Å²) in [6.07, 6.45) is 1.51. The van der Waals surface area contributed by atoms with Gasteiger partial charge in [-0.25, -0.2) is 0 Å². The Morgan fingerprint density at radius 2 is 2.00 bits per heavy atom. The molecule has 0 saturated heterocycles. The van der Waals surface area contributed by atoms with Gasteiger partial charge in [0.1, 0.15) is 6.10 Å². The molecule has 2 nitrogen and oxygen atoms in total. The van der Waals surface area contributed by atoms with Crippen molar-refractivity contribution in [3.05, 3.63) is 0 Å². The van der Waals surface area contributed by atoms with Crippen molar-refractivity contribution in [2.45, 2.75) is 57.8 Å². The molecule has 14 heavy (non-hydrogen) atoms. The van der Waals surface area contributed by atoms with Crippen LogP contribution in [-0.4, -0.2) is 30.3 Å². The normalized spacial score (nSPS) is 34.3. The zero-order chi connectivity index (χ0) is 10.7. The van der Waals surface area contributed by atoms with E-state index < -0.39 is 0 Å². The maximum atomic E-state index is 6.05. The predicted octanol–water partition coefficient (Wildman–Crippen LogP) is 2.83. The third-order valence-electron chi connectivity index (χ3n) is 2.87.